The molecule has 0 aromatic carbocycles. The molecule has 0 aliphatic heterocycles. The molecule has 0 spiro atoms. The third-order valence-electron chi connectivity index (χ3n) is 2.58. The van der Waals surface area contributed by atoms with E-state index in [9.17, 15) is 4.79 Å². The lowest BCUT2D eigenvalue weighted by Gasteiger charge is -2.31. The van der Waals surface area contributed by atoms with Gasteiger partial charge in [0.1, 0.15) is 0 Å². The van der Waals surface area contributed by atoms with Crippen LogP contribution in [0.15, 0.2) is 0 Å². The Hall–Kier alpha value is -0.610. The van der Waals surface area contributed by atoms with Crippen LogP contribution in [-0.2, 0) is 4.79 Å². The van der Waals surface area contributed by atoms with Gasteiger partial charge < -0.3 is 16.4 Å². The van der Waals surface area contributed by atoms with Crippen LogP contribution in [0.4, 0.5) is 0 Å². The van der Waals surface area contributed by atoms with Crippen LogP contribution >= 0.6 is 0 Å². The maximum Gasteiger partial charge on any atom is 0.220 e. The monoisotopic (exact) mass is 229 g/mol. The van der Waals surface area contributed by atoms with Crippen LogP contribution in [0.3, 0.4) is 0 Å². The van der Waals surface area contributed by atoms with E-state index in [1.54, 1.807) is 0 Å². The molecule has 0 radical (unpaired) electrons. The van der Waals surface area contributed by atoms with Crippen LogP contribution in [0, 0.1) is 5.92 Å². The summed E-state index contributed by atoms with van der Waals surface area (Å²) >= 11 is 0. The summed E-state index contributed by atoms with van der Waals surface area (Å²) < 4.78 is 0. The Balaban J connectivity index is 4.04. The van der Waals surface area contributed by atoms with Gasteiger partial charge in [-0.05, 0) is 39.3 Å². The van der Waals surface area contributed by atoms with E-state index < -0.39 is 0 Å². The van der Waals surface area contributed by atoms with E-state index in [0.717, 1.165) is 19.4 Å². The summed E-state index contributed by atoms with van der Waals surface area (Å²) in [7, 11) is 1.89. The second-order valence-corrected chi connectivity index (χ2v) is 5.12. The van der Waals surface area contributed by atoms with Gasteiger partial charge in [0.05, 0.1) is 0 Å². The van der Waals surface area contributed by atoms with E-state index in [2.05, 4.69) is 24.5 Å². The molecule has 0 aliphatic rings. The average Bonchev–Trinajstić information content (AvgIpc) is 2.16. The first kappa shape index (κ1) is 15.4. The summed E-state index contributed by atoms with van der Waals surface area (Å²) in [4.78, 5) is 11.7. The van der Waals surface area contributed by atoms with Gasteiger partial charge in [0.15, 0.2) is 0 Å². The summed E-state index contributed by atoms with van der Waals surface area (Å²) in [5.74, 6) is 0.634. The van der Waals surface area contributed by atoms with Crippen LogP contribution in [0.5, 0.6) is 0 Å². The normalized spacial score (nSPS) is 14.9. The van der Waals surface area contributed by atoms with Crippen molar-refractivity contribution >= 4 is 5.91 Å². The minimum Gasteiger partial charge on any atom is -0.350 e. The maximum atomic E-state index is 11.7. The Morgan fingerprint density at radius 3 is 2.50 bits per heavy atom. The summed E-state index contributed by atoms with van der Waals surface area (Å²) in [6.45, 7) is 7.66. The molecule has 0 saturated carbocycles. The topological polar surface area (TPSA) is 67.2 Å². The average molecular weight is 229 g/mol. The SMILES string of the molecule is CNCCCC(=O)NC(C)(CN)CC(C)C. The first-order chi connectivity index (χ1) is 7.43. The number of hydrogen-bond acceptors (Lipinski definition) is 3. The highest BCUT2D eigenvalue weighted by atomic mass is 16.1. The zero-order chi connectivity index (χ0) is 12.6. The van der Waals surface area contributed by atoms with E-state index in [1.807, 2.05) is 14.0 Å². The molecule has 4 N–H and O–H groups in total. The van der Waals surface area contributed by atoms with E-state index in [-0.39, 0.29) is 11.4 Å². The maximum absolute atomic E-state index is 11.7. The number of nitrogens with one attached hydrogen (secondary N) is 2. The van der Waals surface area contributed by atoms with Gasteiger partial charge in [0.25, 0.3) is 0 Å². The molecule has 1 atom stereocenters. The minimum atomic E-state index is -0.259. The van der Waals surface area contributed by atoms with Crippen molar-refractivity contribution in [2.24, 2.45) is 11.7 Å². The zero-order valence-electron chi connectivity index (χ0n) is 11.1. The van der Waals surface area contributed by atoms with Crippen LogP contribution in [-0.4, -0.2) is 31.6 Å². The van der Waals surface area contributed by atoms with Crippen molar-refractivity contribution in [3.63, 3.8) is 0 Å². The van der Waals surface area contributed by atoms with Crippen molar-refractivity contribution in [2.75, 3.05) is 20.1 Å². The number of carbonyl (C=O) groups excluding carboxylic acids is 1. The lowest BCUT2D eigenvalue weighted by molar-refractivity contribution is -0.123. The molecule has 4 heteroatoms. The van der Waals surface area contributed by atoms with Gasteiger partial charge in [-0.25, -0.2) is 0 Å². The lowest BCUT2D eigenvalue weighted by Crippen LogP contribution is -2.52. The molecular formula is C12H27N3O. The fourth-order valence-corrected chi connectivity index (χ4v) is 1.91. The van der Waals surface area contributed by atoms with Gasteiger partial charge in [-0.3, -0.25) is 4.79 Å². The summed E-state index contributed by atoms with van der Waals surface area (Å²) in [6, 6.07) is 0. The molecule has 0 saturated heterocycles. The summed E-state index contributed by atoms with van der Waals surface area (Å²) in [5.41, 5.74) is 5.47. The summed E-state index contributed by atoms with van der Waals surface area (Å²) in [5, 5.41) is 6.07. The predicted octanol–water partition coefficient (Wildman–Crippen LogP) is 0.866. The molecule has 0 aromatic heterocycles. The zero-order valence-corrected chi connectivity index (χ0v) is 11.1. The van der Waals surface area contributed by atoms with Crippen LogP contribution in [0.25, 0.3) is 0 Å². The van der Waals surface area contributed by atoms with Crippen LogP contribution in [0.1, 0.15) is 40.0 Å². The fourth-order valence-electron chi connectivity index (χ4n) is 1.91. The fraction of sp³-hybridized carbons (Fsp3) is 0.917. The number of rotatable bonds is 8. The highest BCUT2D eigenvalue weighted by Crippen LogP contribution is 2.15. The molecule has 4 nitrogen and oxygen atoms in total. The number of carbonyl (C=O) groups is 1. The lowest BCUT2D eigenvalue weighted by atomic mass is 9.90. The van der Waals surface area contributed by atoms with E-state index in [1.165, 1.54) is 0 Å². The molecule has 0 aliphatic carbocycles. The van der Waals surface area contributed by atoms with E-state index in [0.29, 0.717) is 18.9 Å². The highest BCUT2D eigenvalue weighted by molar-refractivity contribution is 5.76. The van der Waals surface area contributed by atoms with Crippen molar-refractivity contribution in [3.05, 3.63) is 0 Å². The van der Waals surface area contributed by atoms with Gasteiger partial charge in [0, 0.05) is 18.5 Å². The summed E-state index contributed by atoms with van der Waals surface area (Å²) in [6.07, 6.45) is 2.35. The third kappa shape index (κ3) is 6.80. The molecule has 0 heterocycles. The first-order valence-corrected chi connectivity index (χ1v) is 6.09. The van der Waals surface area contributed by atoms with E-state index >= 15 is 0 Å². The second-order valence-electron chi connectivity index (χ2n) is 5.12. The van der Waals surface area contributed by atoms with Crippen molar-refractivity contribution in [3.8, 4) is 0 Å². The largest absolute Gasteiger partial charge is 0.350 e. The number of nitrogens with two attached hydrogens (primary N) is 1. The van der Waals surface area contributed by atoms with E-state index in [4.69, 9.17) is 5.73 Å². The molecule has 0 fully saturated rings. The quantitative estimate of drug-likeness (QED) is 0.541. The molecule has 1 amide bonds. The van der Waals surface area contributed by atoms with Gasteiger partial charge in [-0.15, -0.1) is 0 Å². The first-order valence-electron chi connectivity index (χ1n) is 6.09. The Morgan fingerprint density at radius 2 is 2.06 bits per heavy atom. The van der Waals surface area contributed by atoms with Crippen molar-refractivity contribution in [1.29, 1.82) is 0 Å². The standard InChI is InChI=1S/C12H27N3O/c1-10(2)8-12(3,9-13)15-11(16)6-5-7-14-4/h10,14H,5-9,13H2,1-4H3,(H,15,16). The van der Waals surface area contributed by atoms with Crippen molar-refractivity contribution < 1.29 is 4.79 Å². The molecule has 0 rings (SSSR count). The van der Waals surface area contributed by atoms with Crippen molar-refractivity contribution in [2.45, 2.75) is 45.6 Å². The minimum absolute atomic E-state index is 0.101. The van der Waals surface area contributed by atoms with Gasteiger partial charge >= 0.3 is 0 Å². The smallest absolute Gasteiger partial charge is 0.220 e. The Kier molecular flexibility index (Phi) is 7.34. The molecule has 0 aromatic rings. The molecule has 16 heavy (non-hydrogen) atoms. The van der Waals surface area contributed by atoms with Gasteiger partial charge in [0.2, 0.25) is 5.91 Å². The molecule has 1 unspecified atom stereocenters. The molecule has 96 valence electrons. The van der Waals surface area contributed by atoms with Crippen LogP contribution < -0.4 is 16.4 Å². The third-order valence-corrected chi connectivity index (χ3v) is 2.58. The Bertz CT molecular complexity index is 206. The number of amides is 1. The van der Waals surface area contributed by atoms with Gasteiger partial charge in [-0.1, -0.05) is 13.8 Å². The number of hydrogen-bond donors (Lipinski definition) is 3. The predicted molar refractivity (Wildman–Crippen MR) is 68.2 cm³/mol. The Morgan fingerprint density at radius 1 is 1.44 bits per heavy atom. The molecule has 0 bridgehead atoms. The Labute approximate surface area is 99.4 Å². The molecular weight excluding hydrogens is 202 g/mol. The van der Waals surface area contributed by atoms with Crippen molar-refractivity contribution in [1.82, 2.24) is 10.6 Å². The van der Waals surface area contributed by atoms with Gasteiger partial charge in [-0.2, -0.15) is 0 Å². The highest BCUT2D eigenvalue weighted by Gasteiger charge is 2.25. The second kappa shape index (κ2) is 7.63. The van der Waals surface area contributed by atoms with Crippen LogP contribution in [0.2, 0.25) is 0 Å².